The smallest absolute Gasteiger partial charge is 0.312 e. The zero-order valence-electron chi connectivity index (χ0n) is 34.2. The minimum Gasteiger partial charge on any atom is -0.481 e. The first kappa shape index (κ1) is 39.3. The van der Waals surface area contributed by atoms with Crippen molar-refractivity contribution in [1.82, 2.24) is 10.2 Å². The summed E-state index contributed by atoms with van der Waals surface area (Å²) in [6.45, 7) is 22.2. The summed E-state index contributed by atoms with van der Waals surface area (Å²) in [6, 6.07) is 0. The van der Waals surface area contributed by atoms with Gasteiger partial charge in [-0.15, -0.1) is 6.58 Å². The molecule has 1 aliphatic heterocycles. The van der Waals surface area contributed by atoms with E-state index in [0.717, 1.165) is 25.7 Å². The zero-order valence-corrected chi connectivity index (χ0v) is 34.2. The Morgan fingerprint density at radius 3 is 2.23 bits per heavy atom. The molecule has 296 valence electrons. The molecule has 1 saturated heterocycles. The Bertz CT molecular complexity index is 1560. The number of carboxylic acid groups (broad SMARTS) is 1. The number of piperidine rings is 1. The van der Waals surface area contributed by atoms with Gasteiger partial charge < -0.3 is 20.4 Å². The summed E-state index contributed by atoms with van der Waals surface area (Å²) >= 11 is 0. The number of halogens is 1. The molecule has 6 nitrogen and oxygen atoms in total. The van der Waals surface area contributed by atoms with E-state index in [1.807, 2.05) is 11.8 Å². The molecule has 5 fully saturated rings. The second-order valence-electron chi connectivity index (χ2n) is 21.2. The Hall–Kier alpha value is -1.99. The van der Waals surface area contributed by atoms with Gasteiger partial charge in [0, 0.05) is 18.6 Å². The van der Waals surface area contributed by atoms with Gasteiger partial charge in [-0.05, 0) is 173 Å². The lowest BCUT2D eigenvalue weighted by Crippen LogP contribution is -2.68. The molecular formula is C46H71FN2O4. The number of likely N-dealkylation sites (tertiary alicyclic amines) is 1. The van der Waals surface area contributed by atoms with Gasteiger partial charge in [-0.3, -0.25) is 9.59 Å². The van der Waals surface area contributed by atoms with E-state index in [1.165, 1.54) is 55.2 Å². The van der Waals surface area contributed by atoms with Crippen molar-refractivity contribution >= 4 is 11.9 Å². The molecule has 53 heavy (non-hydrogen) atoms. The van der Waals surface area contributed by atoms with Gasteiger partial charge in [-0.2, -0.15) is 0 Å². The van der Waals surface area contributed by atoms with Crippen LogP contribution in [0.1, 0.15) is 145 Å². The second kappa shape index (κ2) is 13.3. The third kappa shape index (κ3) is 6.05. The van der Waals surface area contributed by atoms with E-state index in [1.54, 1.807) is 0 Å². The highest BCUT2D eigenvalue weighted by molar-refractivity contribution is 5.78. The van der Waals surface area contributed by atoms with E-state index in [0.29, 0.717) is 74.9 Å². The molecule has 3 N–H and O–H groups in total. The molecule has 0 aromatic carbocycles. The van der Waals surface area contributed by atoms with Crippen LogP contribution in [0.25, 0.3) is 0 Å². The Balaban J connectivity index is 1.14. The largest absolute Gasteiger partial charge is 0.481 e. The average molecular weight is 735 g/mol. The van der Waals surface area contributed by atoms with Crippen molar-refractivity contribution in [3.05, 3.63) is 35.5 Å². The molecule has 0 bridgehead atoms. The number of hydrogen-bond donors (Lipinski definition) is 3. The molecule has 1 heterocycles. The van der Waals surface area contributed by atoms with Crippen LogP contribution in [0.15, 0.2) is 35.5 Å². The van der Waals surface area contributed by atoms with Crippen molar-refractivity contribution in [2.45, 2.75) is 156 Å². The van der Waals surface area contributed by atoms with Crippen LogP contribution in [0.4, 0.5) is 4.39 Å². The molecule has 0 aromatic rings. The molecule has 0 unspecified atom stereocenters. The highest BCUT2D eigenvalue weighted by Gasteiger charge is 2.70. The molecule has 4 saturated carbocycles. The normalized spacial score (nSPS) is 44.4. The van der Waals surface area contributed by atoms with Crippen LogP contribution in [-0.4, -0.2) is 64.4 Å². The number of carboxylic acids is 1. The third-order valence-corrected chi connectivity index (χ3v) is 18.2. The molecule has 0 spiro atoms. The number of allylic oxidation sites excluding steroid dienone is 5. The van der Waals surface area contributed by atoms with E-state index >= 15 is 0 Å². The maximum Gasteiger partial charge on any atom is 0.312 e. The van der Waals surface area contributed by atoms with Crippen LogP contribution < -0.4 is 5.32 Å². The Kier molecular flexibility index (Phi) is 9.86. The lowest BCUT2D eigenvalue weighted by atomic mass is 9.33. The Labute approximate surface area is 319 Å². The molecule has 7 heteroatoms. The molecule has 7 aliphatic rings. The van der Waals surface area contributed by atoms with E-state index in [-0.39, 0.29) is 39.5 Å². The maximum atomic E-state index is 14.0. The Morgan fingerprint density at radius 1 is 0.887 bits per heavy atom. The van der Waals surface area contributed by atoms with Crippen LogP contribution in [-0.2, 0) is 9.59 Å². The standard InChI is InChI=1S/C46H71FN2O4/c1-30(2)27-32-13-20-46(48-28-37(50)49-25-23-41(5,53)24-26-49)22-21-43(7)34(38(32)46)9-10-36-42(6)16-14-33(40(3,4)35(42)15-17-44(36,43)8)31-11-18-45(29-47,19-12-31)39(51)52/h11,14,32,34-36,38,48,53H,1,9-10,12-13,15-29H2,2-8H3,(H,51,52)/t32-,34+,35-,36+,38+,42-,43+,44+,45-,46-/m0/s1. The number of carbonyl (C=O) groups excluding carboxylic acids is 1. The highest BCUT2D eigenvalue weighted by Crippen LogP contribution is 2.76. The van der Waals surface area contributed by atoms with Gasteiger partial charge in [-0.1, -0.05) is 52.3 Å². The molecule has 7 rings (SSSR count). The van der Waals surface area contributed by atoms with E-state index < -0.39 is 23.7 Å². The predicted octanol–water partition coefficient (Wildman–Crippen LogP) is 9.44. The van der Waals surface area contributed by atoms with Crippen molar-refractivity contribution in [3.8, 4) is 0 Å². The van der Waals surface area contributed by atoms with Gasteiger partial charge in [0.05, 0.1) is 17.6 Å². The molecule has 0 radical (unpaired) electrons. The molecule has 0 aromatic heterocycles. The van der Waals surface area contributed by atoms with E-state index in [2.05, 4.69) is 65.6 Å². The summed E-state index contributed by atoms with van der Waals surface area (Å²) < 4.78 is 14.0. The number of nitrogens with zero attached hydrogens (tertiary/aromatic N) is 1. The number of aliphatic hydroxyl groups is 1. The fourth-order valence-electron chi connectivity index (χ4n) is 15.0. The molecule has 1 amide bonds. The van der Waals surface area contributed by atoms with Crippen molar-refractivity contribution < 1.29 is 24.2 Å². The number of aliphatic carboxylic acids is 1. The lowest BCUT2D eigenvalue weighted by Gasteiger charge is -2.72. The van der Waals surface area contributed by atoms with Crippen LogP contribution in [0.5, 0.6) is 0 Å². The summed E-state index contributed by atoms with van der Waals surface area (Å²) in [5.41, 5.74) is 2.58. The minimum absolute atomic E-state index is 0.00982. The van der Waals surface area contributed by atoms with Crippen molar-refractivity contribution in [3.63, 3.8) is 0 Å². The van der Waals surface area contributed by atoms with Gasteiger partial charge in [0.25, 0.3) is 0 Å². The van der Waals surface area contributed by atoms with E-state index in [4.69, 9.17) is 0 Å². The van der Waals surface area contributed by atoms with Crippen molar-refractivity contribution in [2.75, 3.05) is 26.3 Å². The number of carbonyl (C=O) groups is 2. The number of alkyl halides is 1. The number of rotatable bonds is 8. The number of amides is 1. The number of fused-ring (bicyclic) bond motifs is 7. The van der Waals surface area contributed by atoms with Gasteiger partial charge in [0.2, 0.25) is 5.91 Å². The minimum atomic E-state index is -1.26. The number of hydrogen-bond acceptors (Lipinski definition) is 4. The summed E-state index contributed by atoms with van der Waals surface area (Å²) in [4.78, 5) is 27.6. The summed E-state index contributed by atoms with van der Waals surface area (Å²) in [6.07, 6.45) is 18.9. The van der Waals surface area contributed by atoms with Crippen LogP contribution in [0.3, 0.4) is 0 Å². The first-order chi connectivity index (χ1) is 24.8. The maximum absolute atomic E-state index is 14.0. The van der Waals surface area contributed by atoms with E-state index in [9.17, 15) is 24.2 Å². The highest BCUT2D eigenvalue weighted by atomic mass is 19.1. The molecular weight excluding hydrogens is 664 g/mol. The summed E-state index contributed by atoms with van der Waals surface area (Å²) in [5, 5.41) is 24.3. The summed E-state index contributed by atoms with van der Waals surface area (Å²) in [5.74, 6) is 2.08. The van der Waals surface area contributed by atoms with Crippen molar-refractivity contribution in [1.29, 1.82) is 0 Å². The first-order valence-electron chi connectivity index (χ1n) is 21.4. The van der Waals surface area contributed by atoms with Gasteiger partial charge in [0.1, 0.15) is 6.67 Å². The quantitative estimate of drug-likeness (QED) is 0.216. The van der Waals surface area contributed by atoms with Crippen LogP contribution in [0.2, 0.25) is 0 Å². The topological polar surface area (TPSA) is 89.9 Å². The predicted molar refractivity (Wildman–Crippen MR) is 210 cm³/mol. The fraction of sp³-hybridized carbons (Fsp3) is 0.826. The SMILES string of the molecule is C=C(C)C[C@@H]1CC[C@]2(NCC(=O)N3CCC(C)(O)CC3)CC[C@]3(C)[C@H](CC[C@@H]4[C@@]5(C)CC=C(C6=CC[C@](CF)(C(=O)O)CC6)C(C)(C)[C@@H]5CC[C@]43C)[C@@H]12. The molecule has 10 atom stereocenters. The monoisotopic (exact) mass is 735 g/mol. The second-order valence-corrected chi connectivity index (χ2v) is 21.2. The van der Waals surface area contributed by atoms with Crippen LogP contribution >= 0.6 is 0 Å². The van der Waals surface area contributed by atoms with Gasteiger partial charge >= 0.3 is 5.97 Å². The average Bonchev–Trinajstić information content (AvgIpc) is 3.45. The molecule has 6 aliphatic carbocycles. The summed E-state index contributed by atoms with van der Waals surface area (Å²) in [7, 11) is 0. The van der Waals surface area contributed by atoms with Crippen molar-refractivity contribution in [2.24, 2.45) is 56.7 Å². The first-order valence-corrected chi connectivity index (χ1v) is 21.4. The van der Waals surface area contributed by atoms with Crippen LogP contribution in [0, 0.1) is 56.7 Å². The van der Waals surface area contributed by atoms with Gasteiger partial charge in [-0.25, -0.2) is 4.39 Å². The van der Waals surface area contributed by atoms with Gasteiger partial charge in [0.15, 0.2) is 0 Å². The third-order valence-electron chi connectivity index (χ3n) is 18.2. The number of nitrogens with one attached hydrogen (secondary N) is 1. The lowest BCUT2D eigenvalue weighted by molar-refractivity contribution is -0.222. The Morgan fingerprint density at radius 2 is 1.60 bits per heavy atom. The zero-order chi connectivity index (χ0) is 38.4. The fourth-order valence-corrected chi connectivity index (χ4v) is 15.0.